The van der Waals surface area contributed by atoms with Crippen LogP contribution in [-0.2, 0) is 0 Å². The van der Waals surface area contributed by atoms with Crippen LogP contribution in [0.15, 0.2) is 215 Å². The molecule has 0 N–H and O–H groups in total. The number of furan rings is 2. The van der Waals surface area contributed by atoms with Gasteiger partial charge >= 0.3 is 0 Å². The number of rotatable bonds is 5. The van der Waals surface area contributed by atoms with E-state index >= 15 is 0 Å². The minimum Gasteiger partial charge on any atom is -0.456 e. The Hall–Kier alpha value is -8.91. The smallest absolute Gasteiger partial charge is 0.167 e. The summed E-state index contributed by atoms with van der Waals surface area (Å²) >= 11 is 1.82. The molecule has 15 rings (SSSR count). The Kier molecular flexibility index (Phi) is 7.85. The first-order valence-electron chi connectivity index (χ1n) is 22.7. The molecule has 0 saturated carbocycles. The van der Waals surface area contributed by atoms with Crippen LogP contribution in [0.1, 0.15) is 0 Å². The van der Waals surface area contributed by atoms with Crippen LogP contribution in [0, 0.1) is 0 Å². The normalized spacial score (nSPS) is 12.1. The first kappa shape index (κ1) is 37.3. The van der Waals surface area contributed by atoms with Gasteiger partial charge in [0.2, 0.25) is 0 Å². The standard InChI is InChI=1S/C61H34N4O2S/c1-2-15-36-33-50-48(32-35(36)14-1)38-16-3-7-24-49(38)65(50)37-30-31-42(47(34-37)40-20-13-29-55-57(40)44-19-6-10-28-54(44)68-55)59-62-60(45-22-12-27-53-56(45)43-18-5-9-26-52(43)66-53)64-61(63-59)46-23-11-21-41-39-17-4-8-25-51(39)67-58(41)46/h1-34H. The van der Waals surface area contributed by atoms with Gasteiger partial charge in [0.25, 0.3) is 0 Å². The summed E-state index contributed by atoms with van der Waals surface area (Å²) in [4.78, 5) is 16.4. The molecule has 0 spiro atoms. The van der Waals surface area contributed by atoms with Crippen LogP contribution >= 0.6 is 11.3 Å². The van der Waals surface area contributed by atoms with Crippen molar-refractivity contribution in [3.63, 3.8) is 0 Å². The van der Waals surface area contributed by atoms with Crippen molar-refractivity contribution < 1.29 is 8.83 Å². The number of thiophene rings is 1. The number of benzene rings is 10. The Morgan fingerprint density at radius 3 is 1.81 bits per heavy atom. The summed E-state index contributed by atoms with van der Waals surface area (Å²) < 4.78 is 18.0. The van der Waals surface area contributed by atoms with Gasteiger partial charge in [0, 0.05) is 69.3 Å². The first-order chi connectivity index (χ1) is 33.7. The Labute approximate surface area is 391 Å². The van der Waals surface area contributed by atoms with Gasteiger partial charge in [0.05, 0.1) is 16.6 Å². The SMILES string of the molecule is c1ccc2cc3c(cc2c1)c1ccccc1n3-c1ccc(-c2nc(-c3cccc4c3oc3ccccc34)nc(-c3cccc4oc5ccccc5c34)n2)c(-c2cccc3sc4ccccc4c23)c1. The quantitative estimate of drug-likeness (QED) is 0.172. The number of hydrogen-bond acceptors (Lipinski definition) is 6. The molecule has 10 aromatic carbocycles. The molecule has 6 nitrogen and oxygen atoms in total. The van der Waals surface area contributed by atoms with Crippen LogP contribution in [0.3, 0.4) is 0 Å². The fourth-order valence-electron chi connectivity index (χ4n) is 10.6. The number of hydrogen-bond donors (Lipinski definition) is 0. The molecule has 316 valence electrons. The molecule has 7 heteroatoms. The van der Waals surface area contributed by atoms with Crippen LogP contribution in [0.2, 0.25) is 0 Å². The van der Waals surface area contributed by atoms with Crippen molar-refractivity contribution in [2.75, 3.05) is 0 Å². The second kappa shape index (κ2) is 14.3. The van der Waals surface area contributed by atoms with E-state index in [2.05, 4.69) is 162 Å². The Morgan fingerprint density at radius 1 is 0.338 bits per heavy atom. The molecule has 68 heavy (non-hydrogen) atoms. The summed E-state index contributed by atoms with van der Waals surface area (Å²) in [5.74, 6) is 1.61. The average Bonchev–Trinajstić information content (AvgIpc) is 4.16. The highest BCUT2D eigenvalue weighted by Crippen LogP contribution is 2.46. The van der Waals surface area contributed by atoms with Crippen LogP contribution < -0.4 is 0 Å². The molecule has 5 heterocycles. The summed E-state index contributed by atoms with van der Waals surface area (Å²) in [6.07, 6.45) is 0. The summed E-state index contributed by atoms with van der Waals surface area (Å²) in [7, 11) is 0. The maximum Gasteiger partial charge on any atom is 0.167 e. The number of nitrogens with zero attached hydrogens (tertiary/aromatic N) is 4. The van der Waals surface area contributed by atoms with Crippen LogP contribution in [0.25, 0.3) is 148 Å². The zero-order chi connectivity index (χ0) is 44.5. The topological polar surface area (TPSA) is 69.9 Å². The molecule has 0 fully saturated rings. The van der Waals surface area contributed by atoms with Gasteiger partial charge in [-0.25, -0.2) is 15.0 Å². The number of fused-ring (bicyclic) bond motifs is 13. The zero-order valence-electron chi connectivity index (χ0n) is 36.1. The molecule has 0 aliphatic heterocycles. The van der Waals surface area contributed by atoms with Crippen molar-refractivity contribution in [2.24, 2.45) is 0 Å². The fourth-order valence-corrected chi connectivity index (χ4v) is 11.8. The van der Waals surface area contributed by atoms with Crippen LogP contribution in [0.4, 0.5) is 0 Å². The van der Waals surface area contributed by atoms with Crippen molar-refractivity contribution in [2.45, 2.75) is 0 Å². The van der Waals surface area contributed by atoms with E-state index in [1.165, 1.54) is 41.7 Å². The van der Waals surface area contributed by atoms with Gasteiger partial charge < -0.3 is 13.4 Å². The minimum atomic E-state index is 0.517. The molecule has 0 aliphatic carbocycles. The molecule has 0 atom stereocenters. The first-order valence-corrected chi connectivity index (χ1v) is 23.6. The highest BCUT2D eigenvalue weighted by Gasteiger charge is 2.24. The summed E-state index contributed by atoms with van der Waals surface area (Å²) in [5.41, 5.74) is 11.1. The molecule has 5 aromatic heterocycles. The second-order valence-corrected chi connectivity index (χ2v) is 18.5. The number of aromatic nitrogens is 4. The van der Waals surface area contributed by atoms with Crippen molar-refractivity contribution in [3.05, 3.63) is 206 Å². The third-order valence-electron chi connectivity index (χ3n) is 13.7. The van der Waals surface area contributed by atoms with E-state index in [1.807, 2.05) is 59.9 Å². The maximum atomic E-state index is 6.66. The Bertz CT molecular complexity index is 4590. The molecule has 0 bridgehead atoms. The van der Waals surface area contributed by atoms with E-state index in [1.54, 1.807) is 0 Å². The summed E-state index contributed by atoms with van der Waals surface area (Å²) in [6, 6.07) is 72.8. The lowest BCUT2D eigenvalue weighted by molar-refractivity contribution is 0.668. The van der Waals surface area contributed by atoms with E-state index in [9.17, 15) is 0 Å². The molecule has 0 aliphatic rings. The third-order valence-corrected chi connectivity index (χ3v) is 14.8. The highest BCUT2D eigenvalue weighted by molar-refractivity contribution is 7.25. The van der Waals surface area contributed by atoms with Crippen molar-refractivity contribution in [3.8, 4) is 51.0 Å². The predicted octanol–water partition coefficient (Wildman–Crippen LogP) is 17.0. The van der Waals surface area contributed by atoms with E-state index < -0.39 is 0 Å². The molecule has 0 saturated heterocycles. The van der Waals surface area contributed by atoms with E-state index in [0.29, 0.717) is 17.5 Å². The molecule has 0 radical (unpaired) electrons. The van der Waals surface area contributed by atoms with Gasteiger partial charge in [-0.1, -0.05) is 133 Å². The van der Waals surface area contributed by atoms with Gasteiger partial charge in [-0.15, -0.1) is 11.3 Å². The van der Waals surface area contributed by atoms with Crippen molar-refractivity contribution in [1.82, 2.24) is 19.5 Å². The lowest BCUT2D eigenvalue weighted by Gasteiger charge is -2.16. The van der Waals surface area contributed by atoms with Gasteiger partial charge in [-0.3, -0.25) is 0 Å². The lowest BCUT2D eigenvalue weighted by Crippen LogP contribution is -2.02. The molecular formula is C61H34N4O2S. The average molecular weight is 887 g/mol. The van der Waals surface area contributed by atoms with E-state index in [0.717, 1.165) is 88.4 Å². The summed E-state index contributed by atoms with van der Waals surface area (Å²) in [6.45, 7) is 0. The van der Waals surface area contributed by atoms with Gasteiger partial charge in [-0.05, 0) is 94.7 Å². The largest absolute Gasteiger partial charge is 0.456 e. The molecule has 0 amide bonds. The molecule has 0 unspecified atom stereocenters. The minimum absolute atomic E-state index is 0.517. The predicted molar refractivity (Wildman–Crippen MR) is 281 cm³/mol. The Morgan fingerprint density at radius 2 is 0.941 bits per heavy atom. The molecular weight excluding hydrogens is 853 g/mol. The van der Waals surface area contributed by atoms with Crippen LogP contribution in [0.5, 0.6) is 0 Å². The number of para-hydroxylation sites is 4. The van der Waals surface area contributed by atoms with Gasteiger partial charge in [0.15, 0.2) is 17.5 Å². The van der Waals surface area contributed by atoms with Crippen molar-refractivity contribution in [1.29, 1.82) is 0 Å². The van der Waals surface area contributed by atoms with E-state index in [-0.39, 0.29) is 0 Å². The zero-order valence-corrected chi connectivity index (χ0v) is 37.0. The summed E-state index contributed by atoms with van der Waals surface area (Å²) in [5, 5.41) is 11.3. The Balaban J connectivity index is 1.05. The van der Waals surface area contributed by atoms with Gasteiger partial charge in [-0.2, -0.15) is 0 Å². The van der Waals surface area contributed by atoms with Crippen molar-refractivity contribution >= 4 is 108 Å². The van der Waals surface area contributed by atoms with Crippen LogP contribution in [-0.4, -0.2) is 19.5 Å². The second-order valence-electron chi connectivity index (χ2n) is 17.4. The monoisotopic (exact) mass is 886 g/mol. The van der Waals surface area contributed by atoms with E-state index in [4.69, 9.17) is 23.8 Å². The van der Waals surface area contributed by atoms with Gasteiger partial charge in [0.1, 0.15) is 22.3 Å². The maximum absolute atomic E-state index is 6.66. The highest BCUT2D eigenvalue weighted by atomic mass is 32.1. The lowest BCUT2D eigenvalue weighted by atomic mass is 9.94. The molecule has 15 aromatic rings. The fraction of sp³-hybridized carbons (Fsp3) is 0. The third kappa shape index (κ3) is 5.48.